The average molecular weight is 403 g/mol. The average Bonchev–Trinajstić information content (AvgIpc) is 3.00. The summed E-state index contributed by atoms with van der Waals surface area (Å²) in [4.78, 5) is 20.8. The van der Waals surface area contributed by atoms with Gasteiger partial charge < -0.3 is 10.6 Å². The van der Waals surface area contributed by atoms with Gasteiger partial charge in [0.2, 0.25) is 11.9 Å². The first-order valence-electron chi connectivity index (χ1n) is 8.76. The van der Waals surface area contributed by atoms with Crippen LogP contribution in [0.1, 0.15) is 24.1 Å². The highest BCUT2D eigenvalue weighted by molar-refractivity contribution is 6.31. The number of hydrogen-bond acceptors (Lipinski definition) is 5. The van der Waals surface area contributed by atoms with Crippen molar-refractivity contribution in [2.45, 2.75) is 27.2 Å². The van der Waals surface area contributed by atoms with Gasteiger partial charge in [0.15, 0.2) is 5.82 Å². The summed E-state index contributed by atoms with van der Waals surface area (Å²) >= 11 is 5.83. The molecule has 0 fully saturated rings. The smallest absolute Gasteiger partial charge is 0.247 e. The van der Waals surface area contributed by atoms with E-state index in [1.165, 1.54) is 12.1 Å². The van der Waals surface area contributed by atoms with Crippen LogP contribution in [0.5, 0.6) is 0 Å². The zero-order chi connectivity index (χ0) is 20.3. The van der Waals surface area contributed by atoms with E-state index in [0.29, 0.717) is 12.4 Å². The maximum atomic E-state index is 14.2. The minimum Gasteiger partial charge on any atom is -0.356 e. The van der Waals surface area contributed by atoms with Crippen LogP contribution in [0.15, 0.2) is 30.3 Å². The highest BCUT2D eigenvalue weighted by atomic mass is 35.5. The van der Waals surface area contributed by atoms with Crippen molar-refractivity contribution in [2.75, 3.05) is 11.9 Å². The van der Waals surface area contributed by atoms with Crippen LogP contribution < -0.4 is 10.6 Å². The molecule has 2 N–H and O–H groups in total. The van der Waals surface area contributed by atoms with Crippen LogP contribution in [0.3, 0.4) is 0 Å². The molecule has 0 spiro atoms. The molecule has 7 nitrogen and oxygen atoms in total. The summed E-state index contributed by atoms with van der Waals surface area (Å²) in [5.41, 5.74) is 2.49. The monoisotopic (exact) mass is 402 g/mol. The molecular weight excluding hydrogens is 383 g/mol. The van der Waals surface area contributed by atoms with Crippen LogP contribution in [0.2, 0.25) is 5.02 Å². The molecule has 0 aliphatic heterocycles. The van der Waals surface area contributed by atoms with Crippen LogP contribution in [0.25, 0.3) is 5.69 Å². The zero-order valence-electron chi connectivity index (χ0n) is 15.8. The number of nitrogens with one attached hydrogen (secondary N) is 2. The Morgan fingerprint density at radius 3 is 2.61 bits per heavy atom. The molecule has 0 saturated heterocycles. The second-order valence-corrected chi connectivity index (χ2v) is 6.64. The summed E-state index contributed by atoms with van der Waals surface area (Å²) in [7, 11) is 0. The zero-order valence-corrected chi connectivity index (χ0v) is 16.5. The normalized spacial score (nSPS) is 10.8. The van der Waals surface area contributed by atoms with E-state index >= 15 is 0 Å². The van der Waals surface area contributed by atoms with Crippen molar-refractivity contribution >= 4 is 29.1 Å². The number of aryl methyl sites for hydroxylation is 2. The highest BCUT2D eigenvalue weighted by Crippen LogP contribution is 2.25. The number of carbonyl (C=O) groups is 1. The lowest BCUT2D eigenvalue weighted by molar-refractivity contribution is -0.120. The van der Waals surface area contributed by atoms with Crippen molar-refractivity contribution in [1.29, 1.82) is 0 Å². The maximum Gasteiger partial charge on any atom is 0.247 e. The van der Waals surface area contributed by atoms with E-state index in [1.54, 1.807) is 10.7 Å². The SMILES string of the molecule is CCNC(=O)Cc1nc(Nc2cccc(Cl)c2F)nn1-c1cc(C)nc(C)c1. The second kappa shape index (κ2) is 8.35. The predicted octanol–water partition coefficient (Wildman–Crippen LogP) is 3.49. The van der Waals surface area contributed by atoms with Gasteiger partial charge in [-0.25, -0.2) is 9.07 Å². The molecule has 3 aromatic rings. The lowest BCUT2D eigenvalue weighted by Crippen LogP contribution is -2.26. The summed E-state index contributed by atoms with van der Waals surface area (Å²) < 4.78 is 15.8. The van der Waals surface area contributed by atoms with Crippen molar-refractivity contribution in [3.63, 3.8) is 0 Å². The first-order valence-corrected chi connectivity index (χ1v) is 9.14. The fourth-order valence-electron chi connectivity index (χ4n) is 2.78. The molecule has 1 aromatic carbocycles. The molecule has 3 rings (SSSR count). The number of pyridine rings is 1. The van der Waals surface area contributed by atoms with Crippen LogP contribution in [0, 0.1) is 19.7 Å². The van der Waals surface area contributed by atoms with Crippen LogP contribution in [-0.2, 0) is 11.2 Å². The van der Waals surface area contributed by atoms with Crippen molar-refractivity contribution in [1.82, 2.24) is 25.1 Å². The Morgan fingerprint density at radius 2 is 1.93 bits per heavy atom. The molecule has 2 aromatic heterocycles. The molecule has 2 heterocycles. The van der Waals surface area contributed by atoms with Crippen LogP contribution >= 0.6 is 11.6 Å². The summed E-state index contributed by atoms with van der Waals surface area (Å²) in [6, 6.07) is 8.29. The summed E-state index contributed by atoms with van der Waals surface area (Å²) in [5.74, 6) is -0.200. The molecule has 0 aliphatic rings. The number of rotatable bonds is 6. The minimum atomic E-state index is -0.596. The number of nitrogens with zero attached hydrogens (tertiary/aromatic N) is 4. The first-order chi connectivity index (χ1) is 13.4. The van der Waals surface area contributed by atoms with Gasteiger partial charge >= 0.3 is 0 Å². The Hall–Kier alpha value is -3.00. The van der Waals surface area contributed by atoms with E-state index in [4.69, 9.17) is 11.6 Å². The van der Waals surface area contributed by atoms with E-state index in [-0.39, 0.29) is 29.0 Å². The first kappa shape index (κ1) is 19.8. The van der Waals surface area contributed by atoms with Crippen molar-refractivity contribution in [2.24, 2.45) is 0 Å². The lowest BCUT2D eigenvalue weighted by Gasteiger charge is -2.07. The van der Waals surface area contributed by atoms with Crippen LogP contribution in [-0.4, -0.2) is 32.2 Å². The highest BCUT2D eigenvalue weighted by Gasteiger charge is 2.17. The molecular formula is C19H20ClFN6O. The van der Waals surface area contributed by atoms with Gasteiger partial charge in [-0.2, -0.15) is 4.98 Å². The number of hydrogen-bond donors (Lipinski definition) is 2. The van der Waals surface area contributed by atoms with Crippen molar-refractivity contribution < 1.29 is 9.18 Å². The molecule has 0 saturated carbocycles. The summed E-state index contributed by atoms with van der Waals surface area (Å²) in [5, 5.41) is 9.98. The molecule has 9 heteroatoms. The molecule has 0 bridgehead atoms. The third-order valence-corrected chi connectivity index (χ3v) is 4.17. The molecule has 0 aliphatic carbocycles. The Morgan fingerprint density at radius 1 is 1.21 bits per heavy atom. The van der Waals surface area contributed by atoms with Crippen LogP contribution in [0.4, 0.5) is 16.0 Å². The van der Waals surface area contributed by atoms with Gasteiger partial charge in [-0.1, -0.05) is 17.7 Å². The Labute approximate surface area is 167 Å². The Balaban J connectivity index is 2.01. The fraction of sp³-hybridized carbons (Fsp3) is 0.263. The topological polar surface area (TPSA) is 84.7 Å². The van der Waals surface area contributed by atoms with E-state index in [2.05, 4.69) is 25.7 Å². The predicted molar refractivity (Wildman–Crippen MR) is 106 cm³/mol. The number of carbonyl (C=O) groups excluding carboxylic acids is 1. The third-order valence-electron chi connectivity index (χ3n) is 3.88. The van der Waals surface area contributed by atoms with Gasteiger partial charge in [0.05, 0.1) is 22.8 Å². The lowest BCUT2D eigenvalue weighted by atomic mass is 10.2. The van der Waals surface area contributed by atoms with Gasteiger partial charge in [-0.05, 0) is 45.0 Å². The quantitative estimate of drug-likeness (QED) is 0.659. The van der Waals surface area contributed by atoms with Gasteiger partial charge in [0.1, 0.15) is 5.82 Å². The van der Waals surface area contributed by atoms with Gasteiger partial charge in [0, 0.05) is 17.9 Å². The molecule has 28 heavy (non-hydrogen) atoms. The van der Waals surface area contributed by atoms with Gasteiger partial charge in [-0.15, -0.1) is 5.10 Å². The molecule has 1 amide bonds. The number of aromatic nitrogens is 4. The largest absolute Gasteiger partial charge is 0.356 e. The van der Waals surface area contributed by atoms with E-state index in [1.807, 2.05) is 32.9 Å². The number of likely N-dealkylation sites (N-methyl/N-ethyl adjacent to an activating group) is 1. The van der Waals surface area contributed by atoms with Gasteiger partial charge in [-0.3, -0.25) is 9.78 Å². The maximum absolute atomic E-state index is 14.2. The second-order valence-electron chi connectivity index (χ2n) is 6.23. The molecule has 0 atom stereocenters. The third kappa shape index (κ3) is 4.45. The van der Waals surface area contributed by atoms with Crippen molar-refractivity contribution in [3.8, 4) is 5.69 Å². The summed E-state index contributed by atoms with van der Waals surface area (Å²) in [6.07, 6.45) is 0.0287. The Bertz CT molecular complexity index is 999. The Kier molecular flexibility index (Phi) is 5.89. The minimum absolute atomic E-state index is 0.00707. The van der Waals surface area contributed by atoms with E-state index in [9.17, 15) is 9.18 Å². The van der Waals surface area contributed by atoms with E-state index < -0.39 is 5.82 Å². The van der Waals surface area contributed by atoms with Crippen molar-refractivity contribution in [3.05, 3.63) is 58.4 Å². The standard InChI is InChI=1S/C19H20ClFN6O/c1-4-22-17(28)10-16-25-19(24-15-7-5-6-14(20)18(15)21)26-27(16)13-8-11(2)23-12(3)9-13/h5-9H,4,10H2,1-3H3,(H,22,28)(H,24,26). The van der Waals surface area contributed by atoms with E-state index in [0.717, 1.165) is 17.1 Å². The fourth-order valence-corrected chi connectivity index (χ4v) is 2.95. The number of anilines is 2. The number of benzene rings is 1. The number of halogens is 2. The summed E-state index contributed by atoms with van der Waals surface area (Å²) in [6.45, 7) is 6.10. The molecule has 0 unspecified atom stereocenters. The molecule has 146 valence electrons. The molecule has 0 radical (unpaired) electrons. The van der Waals surface area contributed by atoms with Gasteiger partial charge in [0.25, 0.3) is 0 Å². The number of amides is 1.